The van der Waals surface area contributed by atoms with Gasteiger partial charge >= 0.3 is 6.61 Å². The summed E-state index contributed by atoms with van der Waals surface area (Å²) in [6.45, 7) is -3.18. The molecule has 0 radical (unpaired) electrons. The van der Waals surface area contributed by atoms with Crippen molar-refractivity contribution in [1.29, 1.82) is 0 Å². The van der Waals surface area contributed by atoms with E-state index in [9.17, 15) is 22.3 Å². The van der Waals surface area contributed by atoms with Gasteiger partial charge in [-0.15, -0.1) is 0 Å². The summed E-state index contributed by atoms with van der Waals surface area (Å²) < 4.78 is 73.6. The number of nitrogens with one attached hydrogen (secondary N) is 1. The Hall–Kier alpha value is -3.73. The first kappa shape index (κ1) is 23.4. The van der Waals surface area contributed by atoms with Crippen molar-refractivity contribution in [2.75, 3.05) is 25.2 Å². The van der Waals surface area contributed by atoms with Gasteiger partial charge in [-0.2, -0.15) is 8.78 Å². The van der Waals surface area contributed by atoms with E-state index in [1.165, 1.54) is 38.5 Å². The Morgan fingerprint density at radius 2 is 1.76 bits per heavy atom. The summed E-state index contributed by atoms with van der Waals surface area (Å²) >= 11 is 0. The molecule has 11 heteroatoms. The second-order valence-electron chi connectivity index (χ2n) is 7.45. The molecule has 0 spiro atoms. The first-order valence-corrected chi connectivity index (χ1v) is 11.8. The lowest BCUT2D eigenvalue weighted by atomic mass is 9.88. The highest BCUT2D eigenvalue weighted by Gasteiger charge is 2.33. The first-order chi connectivity index (χ1) is 16.1. The second kappa shape index (κ2) is 8.90. The summed E-state index contributed by atoms with van der Waals surface area (Å²) in [5, 5.41) is 10.2. The van der Waals surface area contributed by atoms with Crippen LogP contribution in [0.5, 0.6) is 28.7 Å². The maximum atomic E-state index is 13.1. The number of phenols is 1. The van der Waals surface area contributed by atoms with Crippen molar-refractivity contribution < 1.29 is 41.3 Å². The molecule has 0 amide bonds. The maximum absolute atomic E-state index is 13.1. The number of benzene rings is 3. The molecule has 8 nitrogen and oxygen atoms in total. The standard InChI is InChI=1S/C23H21F2NO7S/c1-30-17-8-4-12(10-19(17)31-2)21-15-11-13(26-34(3,28)29)5-6-14(15)20-18(32-21)9-7-16(27)22(20)33-23(24)25/h4-11,21,23,26-27H,1-3H3. The molecule has 34 heavy (non-hydrogen) atoms. The molecule has 0 saturated carbocycles. The number of alkyl halides is 2. The van der Waals surface area contributed by atoms with Crippen LogP contribution in [0.3, 0.4) is 0 Å². The monoisotopic (exact) mass is 493 g/mol. The summed E-state index contributed by atoms with van der Waals surface area (Å²) in [6, 6.07) is 12.4. The minimum atomic E-state index is -3.59. The molecule has 0 fully saturated rings. The Labute approximate surface area is 194 Å². The quantitative estimate of drug-likeness (QED) is 0.498. The molecule has 1 unspecified atom stereocenters. The van der Waals surface area contributed by atoms with Crippen molar-refractivity contribution in [1.82, 2.24) is 0 Å². The first-order valence-electron chi connectivity index (χ1n) is 9.92. The maximum Gasteiger partial charge on any atom is 0.387 e. The van der Waals surface area contributed by atoms with E-state index in [4.69, 9.17) is 14.2 Å². The number of halogens is 2. The van der Waals surface area contributed by atoms with E-state index in [1.54, 1.807) is 24.3 Å². The number of sulfonamides is 1. The fraction of sp³-hybridized carbons (Fsp3) is 0.217. The molecule has 0 aromatic heterocycles. The average Bonchev–Trinajstić information content (AvgIpc) is 2.78. The molecule has 2 N–H and O–H groups in total. The third-order valence-corrected chi connectivity index (χ3v) is 5.77. The Kier molecular flexibility index (Phi) is 6.13. The van der Waals surface area contributed by atoms with Gasteiger partial charge in [-0.25, -0.2) is 8.42 Å². The highest BCUT2D eigenvalue weighted by molar-refractivity contribution is 7.92. The number of rotatable bonds is 7. The summed E-state index contributed by atoms with van der Waals surface area (Å²) in [4.78, 5) is 0. The van der Waals surface area contributed by atoms with Crippen LogP contribution in [0.15, 0.2) is 48.5 Å². The predicted octanol–water partition coefficient (Wildman–Crippen LogP) is 4.53. The van der Waals surface area contributed by atoms with Crippen LogP contribution in [0.1, 0.15) is 17.2 Å². The average molecular weight is 493 g/mol. The van der Waals surface area contributed by atoms with E-state index in [0.717, 1.165) is 6.26 Å². The van der Waals surface area contributed by atoms with E-state index in [-0.39, 0.29) is 17.0 Å². The van der Waals surface area contributed by atoms with Crippen LogP contribution in [0.2, 0.25) is 0 Å². The summed E-state index contributed by atoms with van der Waals surface area (Å²) in [6.07, 6.45) is 0.240. The highest BCUT2D eigenvalue weighted by atomic mass is 32.2. The second-order valence-corrected chi connectivity index (χ2v) is 9.20. The largest absolute Gasteiger partial charge is 0.504 e. The smallest absolute Gasteiger partial charge is 0.387 e. The number of ether oxygens (including phenoxy) is 4. The number of anilines is 1. The molecule has 0 bridgehead atoms. The Balaban J connectivity index is 1.94. The molecular weight excluding hydrogens is 472 g/mol. The highest BCUT2D eigenvalue weighted by Crippen LogP contribution is 2.53. The van der Waals surface area contributed by atoms with Gasteiger partial charge in [0.25, 0.3) is 0 Å². The van der Waals surface area contributed by atoms with E-state index in [0.29, 0.717) is 28.2 Å². The van der Waals surface area contributed by atoms with Crippen molar-refractivity contribution in [2.45, 2.75) is 12.7 Å². The molecule has 180 valence electrons. The van der Waals surface area contributed by atoms with Crippen molar-refractivity contribution in [3.05, 3.63) is 59.7 Å². The minimum absolute atomic E-state index is 0.123. The number of methoxy groups -OCH3 is 2. The van der Waals surface area contributed by atoms with E-state index < -0.39 is 34.2 Å². The van der Waals surface area contributed by atoms with Gasteiger partial charge < -0.3 is 24.1 Å². The molecule has 1 aliphatic rings. The van der Waals surface area contributed by atoms with Crippen molar-refractivity contribution in [3.8, 4) is 39.9 Å². The SMILES string of the molecule is COc1ccc(C2Oc3ccc(O)c(OC(F)F)c3-c3ccc(NS(C)(=O)=O)cc32)cc1OC. The molecule has 1 atom stereocenters. The van der Waals surface area contributed by atoms with Gasteiger partial charge in [-0.05, 0) is 42.0 Å². The third-order valence-electron chi connectivity index (χ3n) is 5.17. The predicted molar refractivity (Wildman–Crippen MR) is 121 cm³/mol. The van der Waals surface area contributed by atoms with Crippen molar-refractivity contribution >= 4 is 15.7 Å². The lowest BCUT2D eigenvalue weighted by Crippen LogP contribution is -2.18. The molecule has 1 aliphatic heterocycles. The van der Waals surface area contributed by atoms with Crippen LogP contribution in [-0.2, 0) is 10.0 Å². The van der Waals surface area contributed by atoms with Gasteiger partial charge in [-0.3, -0.25) is 4.72 Å². The summed E-state index contributed by atoms with van der Waals surface area (Å²) in [5.74, 6) is 0.200. The van der Waals surface area contributed by atoms with Gasteiger partial charge in [0.05, 0.1) is 26.0 Å². The van der Waals surface area contributed by atoms with Crippen molar-refractivity contribution in [3.63, 3.8) is 0 Å². The van der Waals surface area contributed by atoms with E-state index in [1.807, 2.05) is 0 Å². The van der Waals surface area contributed by atoms with Crippen LogP contribution >= 0.6 is 0 Å². The topological polar surface area (TPSA) is 103 Å². The van der Waals surface area contributed by atoms with E-state index >= 15 is 0 Å². The lowest BCUT2D eigenvalue weighted by molar-refractivity contribution is -0.0510. The van der Waals surface area contributed by atoms with E-state index in [2.05, 4.69) is 9.46 Å². The zero-order valence-electron chi connectivity index (χ0n) is 18.3. The van der Waals surface area contributed by atoms with Gasteiger partial charge in [-0.1, -0.05) is 12.1 Å². The lowest BCUT2D eigenvalue weighted by Gasteiger charge is -2.31. The fourth-order valence-electron chi connectivity index (χ4n) is 3.85. The van der Waals surface area contributed by atoms with Crippen LogP contribution in [-0.4, -0.2) is 40.6 Å². The number of aromatic hydroxyl groups is 1. The van der Waals surface area contributed by atoms with Crippen molar-refractivity contribution in [2.24, 2.45) is 0 Å². The van der Waals surface area contributed by atoms with Gasteiger partial charge in [0, 0.05) is 16.8 Å². The molecule has 0 aliphatic carbocycles. The third kappa shape index (κ3) is 4.51. The normalized spacial score (nSPS) is 14.6. The van der Waals surface area contributed by atoms with Crippen LogP contribution in [0.4, 0.5) is 14.5 Å². The molecule has 1 heterocycles. The zero-order valence-corrected chi connectivity index (χ0v) is 19.2. The number of hydrogen-bond donors (Lipinski definition) is 2. The number of hydrogen-bond acceptors (Lipinski definition) is 7. The Morgan fingerprint density at radius 1 is 1.03 bits per heavy atom. The fourth-order valence-corrected chi connectivity index (χ4v) is 4.41. The van der Waals surface area contributed by atoms with Crippen LogP contribution in [0.25, 0.3) is 11.1 Å². The molecule has 4 rings (SSSR count). The minimum Gasteiger partial charge on any atom is -0.504 e. The summed E-state index contributed by atoms with van der Waals surface area (Å²) in [7, 11) is -0.604. The van der Waals surface area contributed by atoms with Crippen LogP contribution in [0, 0.1) is 0 Å². The van der Waals surface area contributed by atoms with Gasteiger partial charge in [0.2, 0.25) is 10.0 Å². The van der Waals surface area contributed by atoms with Gasteiger partial charge in [0.15, 0.2) is 23.0 Å². The molecular formula is C23H21F2NO7S. The number of fused-ring (bicyclic) bond motifs is 3. The van der Waals surface area contributed by atoms with Crippen LogP contribution < -0.4 is 23.7 Å². The number of phenolic OH excluding ortho intramolecular Hbond substituents is 1. The Bertz CT molecular complexity index is 1350. The molecule has 3 aromatic rings. The Morgan fingerprint density at radius 3 is 2.41 bits per heavy atom. The van der Waals surface area contributed by atoms with Gasteiger partial charge in [0.1, 0.15) is 11.9 Å². The molecule has 0 saturated heterocycles. The summed E-state index contributed by atoms with van der Waals surface area (Å²) in [5.41, 5.74) is 1.88. The molecule has 3 aromatic carbocycles. The zero-order chi connectivity index (χ0) is 24.6.